The van der Waals surface area contributed by atoms with Gasteiger partial charge in [-0.15, -0.1) is 0 Å². The summed E-state index contributed by atoms with van der Waals surface area (Å²) in [5, 5.41) is 4.80. The number of ether oxygens (including phenoxy) is 1. The number of nitrogens with one attached hydrogen (secondary N) is 2. The molecule has 2 N–H and O–H groups in total. The molecule has 24 heavy (non-hydrogen) atoms. The largest absolute Gasteiger partial charge is 0.484 e. The second-order valence-electron chi connectivity index (χ2n) is 6.33. The zero-order valence-electron chi connectivity index (χ0n) is 14.0. The van der Waals surface area contributed by atoms with Crippen molar-refractivity contribution < 1.29 is 17.9 Å². The van der Waals surface area contributed by atoms with Crippen molar-refractivity contribution in [3.8, 4) is 5.75 Å². The summed E-state index contributed by atoms with van der Waals surface area (Å²) in [6.45, 7) is 3.42. The van der Waals surface area contributed by atoms with Crippen molar-refractivity contribution in [3.05, 3.63) is 42.5 Å². The number of carbonyl (C=O) groups excluding carboxylic acids is 1. The summed E-state index contributed by atoms with van der Waals surface area (Å²) < 4.78 is 30.5. The Kier molecular flexibility index (Phi) is 5.46. The molecule has 0 radical (unpaired) electrons. The number of hydrogen-bond donors (Lipinski definition) is 2. The lowest BCUT2D eigenvalue weighted by molar-refractivity contribution is -0.123. The average molecular weight is 350 g/mol. The maximum atomic E-state index is 11.9. The highest BCUT2D eigenvalue weighted by Crippen LogP contribution is 2.20. The van der Waals surface area contributed by atoms with Gasteiger partial charge in [0, 0.05) is 12.1 Å². The molecule has 0 aliphatic heterocycles. The topological polar surface area (TPSA) is 84.5 Å². The molecule has 0 saturated carbocycles. The summed E-state index contributed by atoms with van der Waals surface area (Å²) in [4.78, 5) is 11.9. The third-order valence-electron chi connectivity index (χ3n) is 3.28. The third-order valence-corrected chi connectivity index (χ3v) is 4.20. The molecule has 0 aliphatic rings. The molecular weight excluding hydrogens is 328 g/mol. The molecule has 2 aromatic carbocycles. The highest BCUT2D eigenvalue weighted by atomic mass is 32.2. The zero-order chi connectivity index (χ0) is 17.8. The van der Waals surface area contributed by atoms with Crippen molar-refractivity contribution >= 4 is 26.7 Å². The van der Waals surface area contributed by atoms with Gasteiger partial charge in [0.25, 0.3) is 5.91 Å². The molecule has 130 valence electrons. The molecule has 7 heteroatoms. The predicted molar refractivity (Wildman–Crippen MR) is 94.5 cm³/mol. The SMILES string of the molecule is CC(C)(CNC(=O)COc1ccc2ccccc2c1)NS(C)(=O)=O. The van der Waals surface area contributed by atoms with Crippen LogP contribution in [0.1, 0.15) is 13.8 Å². The van der Waals surface area contributed by atoms with Crippen LogP contribution in [-0.2, 0) is 14.8 Å². The molecule has 2 rings (SSSR count). The van der Waals surface area contributed by atoms with E-state index in [1.54, 1.807) is 13.8 Å². The van der Waals surface area contributed by atoms with Crippen molar-refractivity contribution in [3.63, 3.8) is 0 Å². The summed E-state index contributed by atoms with van der Waals surface area (Å²) in [5.74, 6) is 0.295. The van der Waals surface area contributed by atoms with E-state index in [9.17, 15) is 13.2 Å². The number of benzene rings is 2. The molecular formula is C17H22N2O4S. The normalized spacial score (nSPS) is 12.1. The minimum atomic E-state index is -3.34. The summed E-state index contributed by atoms with van der Waals surface area (Å²) in [6.07, 6.45) is 1.08. The fraction of sp³-hybridized carbons (Fsp3) is 0.353. The van der Waals surface area contributed by atoms with Gasteiger partial charge in [-0.1, -0.05) is 30.3 Å². The number of hydrogen-bond acceptors (Lipinski definition) is 4. The Morgan fingerprint density at radius 3 is 2.46 bits per heavy atom. The summed E-state index contributed by atoms with van der Waals surface area (Å²) in [6, 6.07) is 13.5. The lowest BCUT2D eigenvalue weighted by atomic mass is 10.1. The molecule has 0 aromatic heterocycles. The first-order valence-electron chi connectivity index (χ1n) is 7.52. The Bertz CT molecular complexity index is 831. The monoisotopic (exact) mass is 350 g/mol. The second-order valence-corrected chi connectivity index (χ2v) is 8.08. The number of carbonyl (C=O) groups is 1. The first kappa shape index (κ1) is 18.2. The van der Waals surface area contributed by atoms with Crippen LogP contribution in [0.3, 0.4) is 0 Å². The third kappa shape index (κ3) is 5.82. The molecule has 0 heterocycles. The molecule has 0 aliphatic carbocycles. The van der Waals surface area contributed by atoms with Gasteiger partial charge < -0.3 is 10.1 Å². The van der Waals surface area contributed by atoms with Crippen LogP contribution in [0, 0.1) is 0 Å². The molecule has 1 amide bonds. The smallest absolute Gasteiger partial charge is 0.258 e. The van der Waals surface area contributed by atoms with E-state index in [2.05, 4.69) is 10.0 Å². The Morgan fingerprint density at radius 2 is 1.79 bits per heavy atom. The molecule has 6 nitrogen and oxygen atoms in total. The number of amides is 1. The van der Waals surface area contributed by atoms with Crippen molar-refractivity contribution in [2.75, 3.05) is 19.4 Å². The Hall–Kier alpha value is -2.12. The van der Waals surface area contributed by atoms with Gasteiger partial charge >= 0.3 is 0 Å². The zero-order valence-corrected chi connectivity index (χ0v) is 14.8. The van der Waals surface area contributed by atoms with Crippen molar-refractivity contribution in [2.24, 2.45) is 0 Å². The highest BCUT2D eigenvalue weighted by Gasteiger charge is 2.22. The quantitative estimate of drug-likeness (QED) is 0.795. The van der Waals surface area contributed by atoms with Crippen LogP contribution in [0.15, 0.2) is 42.5 Å². The Labute approximate surface area is 142 Å². The van der Waals surface area contributed by atoms with Gasteiger partial charge in [0.2, 0.25) is 10.0 Å². The number of sulfonamides is 1. The second kappa shape index (κ2) is 7.19. The van der Waals surface area contributed by atoms with E-state index < -0.39 is 15.6 Å². The van der Waals surface area contributed by atoms with Gasteiger partial charge in [-0.05, 0) is 36.8 Å². The standard InChI is InChI=1S/C17H22N2O4S/c1-17(2,19-24(3,21)22)12-18-16(20)11-23-15-9-8-13-6-4-5-7-14(13)10-15/h4-10,19H,11-12H2,1-3H3,(H,18,20). The molecule has 0 bridgehead atoms. The van der Waals surface area contributed by atoms with Crippen LogP contribution in [0.25, 0.3) is 10.8 Å². The lowest BCUT2D eigenvalue weighted by Gasteiger charge is -2.25. The van der Waals surface area contributed by atoms with E-state index in [0.29, 0.717) is 5.75 Å². The summed E-state index contributed by atoms with van der Waals surface area (Å²) in [7, 11) is -3.34. The van der Waals surface area contributed by atoms with Crippen molar-refractivity contribution in [1.29, 1.82) is 0 Å². The van der Waals surface area contributed by atoms with Gasteiger partial charge in [-0.2, -0.15) is 0 Å². The van der Waals surface area contributed by atoms with Crippen LogP contribution < -0.4 is 14.8 Å². The summed E-state index contributed by atoms with van der Waals surface area (Å²) in [5.41, 5.74) is -0.772. The van der Waals surface area contributed by atoms with E-state index in [0.717, 1.165) is 17.0 Å². The van der Waals surface area contributed by atoms with Gasteiger partial charge in [0.1, 0.15) is 5.75 Å². The average Bonchev–Trinajstić information content (AvgIpc) is 2.48. The van der Waals surface area contributed by atoms with E-state index in [1.165, 1.54) is 0 Å². The van der Waals surface area contributed by atoms with E-state index >= 15 is 0 Å². The van der Waals surface area contributed by atoms with Crippen LogP contribution in [0.5, 0.6) is 5.75 Å². The van der Waals surface area contributed by atoms with E-state index in [4.69, 9.17) is 4.74 Å². The maximum absolute atomic E-state index is 11.9. The lowest BCUT2D eigenvalue weighted by Crippen LogP contribution is -2.51. The Balaban J connectivity index is 1.86. The molecule has 0 saturated heterocycles. The maximum Gasteiger partial charge on any atom is 0.258 e. The van der Waals surface area contributed by atoms with Gasteiger partial charge in [-0.25, -0.2) is 13.1 Å². The van der Waals surface area contributed by atoms with E-state index in [1.807, 2.05) is 42.5 Å². The first-order chi connectivity index (χ1) is 11.1. The van der Waals surface area contributed by atoms with Crippen LogP contribution >= 0.6 is 0 Å². The predicted octanol–water partition coefficient (Wildman–Crippen LogP) is 1.66. The molecule has 0 atom stereocenters. The van der Waals surface area contributed by atoms with Crippen LogP contribution in [0.2, 0.25) is 0 Å². The molecule has 2 aromatic rings. The number of fused-ring (bicyclic) bond motifs is 1. The minimum Gasteiger partial charge on any atom is -0.484 e. The van der Waals surface area contributed by atoms with Crippen LogP contribution in [-0.4, -0.2) is 39.3 Å². The van der Waals surface area contributed by atoms with Crippen molar-refractivity contribution in [2.45, 2.75) is 19.4 Å². The van der Waals surface area contributed by atoms with Crippen molar-refractivity contribution in [1.82, 2.24) is 10.0 Å². The first-order valence-corrected chi connectivity index (χ1v) is 9.41. The summed E-state index contributed by atoms with van der Waals surface area (Å²) >= 11 is 0. The van der Waals surface area contributed by atoms with Gasteiger partial charge in [0.15, 0.2) is 6.61 Å². The Morgan fingerprint density at radius 1 is 1.12 bits per heavy atom. The van der Waals surface area contributed by atoms with Crippen LogP contribution in [0.4, 0.5) is 0 Å². The van der Waals surface area contributed by atoms with Gasteiger partial charge in [0.05, 0.1) is 6.26 Å². The molecule has 0 spiro atoms. The fourth-order valence-corrected chi connectivity index (χ4v) is 3.39. The molecule has 0 fully saturated rings. The van der Waals surface area contributed by atoms with E-state index in [-0.39, 0.29) is 19.1 Å². The minimum absolute atomic E-state index is 0.132. The molecule has 0 unspecified atom stereocenters. The number of rotatable bonds is 7. The fourth-order valence-electron chi connectivity index (χ4n) is 2.31. The van der Waals surface area contributed by atoms with Gasteiger partial charge in [-0.3, -0.25) is 4.79 Å². The highest BCUT2D eigenvalue weighted by molar-refractivity contribution is 7.88.